The molecule has 1 fully saturated rings. The minimum Gasteiger partial charge on any atom is -0.465 e. The number of rotatable bonds is 4. The van der Waals surface area contributed by atoms with Crippen LogP contribution < -0.4 is 5.32 Å². The summed E-state index contributed by atoms with van der Waals surface area (Å²) in [5.74, 6) is -0.279. The molecule has 1 aliphatic heterocycles. The van der Waals surface area contributed by atoms with Gasteiger partial charge in [0.15, 0.2) is 0 Å². The Morgan fingerprint density at radius 1 is 1.17 bits per heavy atom. The van der Waals surface area contributed by atoms with Gasteiger partial charge in [-0.2, -0.15) is 0 Å². The molecule has 2 rings (SSSR count). The molecule has 0 bridgehead atoms. The van der Waals surface area contributed by atoms with Gasteiger partial charge in [-0.25, -0.2) is 4.79 Å². The Morgan fingerprint density at radius 2 is 1.78 bits per heavy atom. The number of likely N-dealkylation sites (tertiary alicyclic amines) is 1. The fourth-order valence-electron chi connectivity index (χ4n) is 2.52. The Balaban J connectivity index is 1.84. The fraction of sp³-hybridized carbons (Fsp3) is 0.471. The standard InChI is InChI=1S/C17H22N2O4/c1-12-7-9-19(10-8-12)16(21)11-15(20)18-14-5-3-13(4-6-14)17(22)23-2/h3-6,12H,7-11H2,1-2H3,(H,18,20). The zero-order valence-corrected chi connectivity index (χ0v) is 13.5. The van der Waals surface area contributed by atoms with E-state index in [0.717, 1.165) is 25.9 Å². The van der Waals surface area contributed by atoms with Gasteiger partial charge < -0.3 is 15.0 Å². The first-order valence-electron chi connectivity index (χ1n) is 7.75. The van der Waals surface area contributed by atoms with Crippen molar-refractivity contribution in [3.8, 4) is 0 Å². The van der Waals surface area contributed by atoms with E-state index in [-0.39, 0.29) is 18.2 Å². The molecule has 0 aliphatic carbocycles. The second-order valence-corrected chi connectivity index (χ2v) is 5.86. The molecule has 2 amide bonds. The number of methoxy groups -OCH3 is 1. The predicted molar refractivity (Wildman–Crippen MR) is 86.0 cm³/mol. The third-order valence-electron chi connectivity index (χ3n) is 4.04. The highest BCUT2D eigenvalue weighted by molar-refractivity contribution is 6.03. The number of amides is 2. The normalized spacial score (nSPS) is 15.1. The number of nitrogens with zero attached hydrogens (tertiary/aromatic N) is 1. The zero-order valence-electron chi connectivity index (χ0n) is 13.5. The largest absolute Gasteiger partial charge is 0.465 e. The van der Waals surface area contributed by atoms with Crippen molar-refractivity contribution in [3.63, 3.8) is 0 Å². The summed E-state index contributed by atoms with van der Waals surface area (Å²) in [4.78, 5) is 37.1. The Bertz CT molecular complexity index is 575. The van der Waals surface area contributed by atoms with Gasteiger partial charge in [0, 0.05) is 18.8 Å². The summed E-state index contributed by atoms with van der Waals surface area (Å²) < 4.78 is 4.61. The van der Waals surface area contributed by atoms with Gasteiger partial charge in [-0.1, -0.05) is 6.92 Å². The minimum atomic E-state index is -0.433. The number of hydrogen-bond acceptors (Lipinski definition) is 4. The fourth-order valence-corrected chi connectivity index (χ4v) is 2.52. The van der Waals surface area contributed by atoms with Gasteiger partial charge in [0.05, 0.1) is 12.7 Å². The lowest BCUT2D eigenvalue weighted by atomic mass is 9.99. The number of piperidine rings is 1. The van der Waals surface area contributed by atoms with Crippen molar-refractivity contribution in [3.05, 3.63) is 29.8 Å². The first kappa shape index (κ1) is 17.0. The molecule has 6 heteroatoms. The first-order chi connectivity index (χ1) is 11.0. The van der Waals surface area contributed by atoms with Crippen molar-refractivity contribution in [2.75, 3.05) is 25.5 Å². The Hall–Kier alpha value is -2.37. The molecule has 0 aromatic heterocycles. The summed E-state index contributed by atoms with van der Waals surface area (Å²) in [6, 6.07) is 6.35. The van der Waals surface area contributed by atoms with E-state index >= 15 is 0 Å². The zero-order chi connectivity index (χ0) is 16.8. The first-order valence-corrected chi connectivity index (χ1v) is 7.75. The van der Waals surface area contributed by atoms with Crippen molar-refractivity contribution in [1.29, 1.82) is 0 Å². The molecule has 1 aromatic carbocycles. The molecule has 6 nitrogen and oxygen atoms in total. The van der Waals surface area contributed by atoms with Gasteiger partial charge >= 0.3 is 5.97 Å². The molecule has 0 spiro atoms. The van der Waals surface area contributed by atoms with E-state index in [1.54, 1.807) is 29.2 Å². The Labute approximate surface area is 135 Å². The van der Waals surface area contributed by atoms with Crippen LogP contribution in [0.25, 0.3) is 0 Å². The van der Waals surface area contributed by atoms with Crippen LogP contribution in [0.3, 0.4) is 0 Å². The number of hydrogen-bond donors (Lipinski definition) is 1. The number of nitrogens with one attached hydrogen (secondary N) is 1. The molecular weight excluding hydrogens is 296 g/mol. The maximum Gasteiger partial charge on any atom is 0.337 e. The van der Waals surface area contributed by atoms with Crippen molar-refractivity contribution < 1.29 is 19.1 Å². The van der Waals surface area contributed by atoms with Crippen molar-refractivity contribution >= 4 is 23.5 Å². The lowest BCUT2D eigenvalue weighted by Crippen LogP contribution is -2.39. The molecule has 0 atom stereocenters. The van der Waals surface area contributed by atoms with Crippen molar-refractivity contribution in [2.45, 2.75) is 26.2 Å². The van der Waals surface area contributed by atoms with E-state index in [2.05, 4.69) is 17.0 Å². The van der Waals surface area contributed by atoms with Crippen LogP contribution in [0.15, 0.2) is 24.3 Å². The second kappa shape index (κ2) is 7.76. The Kier molecular flexibility index (Phi) is 5.73. The smallest absolute Gasteiger partial charge is 0.337 e. The third-order valence-corrected chi connectivity index (χ3v) is 4.04. The number of esters is 1. The average Bonchev–Trinajstić information content (AvgIpc) is 2.55. The van der Waals surface area contributed by atoms with Crippen LogP contribution >= 0.6 is 0 Å². The molecule has 0 unspecified atom stereocenters. The quantitative estimate of drug-likeness (QED) is 0.681. The van der Waals surface area contributed by atoms with Crippen LogP contribution in [-0.4, -0.2) is 42.9 Å². The van der Waals surface area contributed by atoms with E-state index < -0.39 is 5.97 Å². The molecule has 1 aromatic rings. The number of carbonyl (C=O) groups excluding carboxylic acids is 3. The predicted octanol–water partition coefficient (Wildman–Crippen LogP) is 2.06. The van der Waals surface area contributed by atoms with Gasteiger partial charge in [-0.3, -0.25) is 9.59 Å². The van der Waals surface area contributed by atoms with Crippen LogP contribution in [0.1, 0.15) is 36.5 Å². The van der Waals surface area contributed by atoms with Gasteiger partial charge in [-0.15, -0.1) is 0 Å². The summed E-state index contributed by atoms with van der Waals surface area (Å²) in [6.45, 7) is 3.62. The molecule has 1 heterocycles. The van der Waals surface area contributed by atoms with Crippen molar-refractivity contribution in [2.24, 2.45) is 5.92 Å². The van der Waals surface area contributed by atoms with E-state index in [9.17, 15) is 14.4 Å². The maximum absolute atomic E-state index is 12.1. The van der Waals surface area contributed by atoms with E-state index in [0.29, 0.717) is 17.2 Å². The van der Waals surface area contributed by atoms with Crippen LogP contribution in [0, 0.1) is 5.92 Å². The highest BCUT2D eigenvalue weighted by Gasteiger charge is 2.22. The molecule has 1 saturated heterocycles. The number of anilines is 1. The topological polar surface area (TPSA) is 75.7 Å². The maximum atomic E-state index is 12.1. The summed E-state index contributed by atoms with van der Waals surface area (Å²) in [5.41, 5.74) is 0.951. The lowest BCUT2D eigenvalue weighted by molar-refractivity contribution is -0.135. The highest BCUT2D eigenvalue weighted by Crippen LogP contribution is 2.17. The molecule has 0 saturated carbocycles. The Morgan fingerprint density at radius 3 is 2.35 bits per heavy atom. The second-order valence-electron chi connectivity index (χ2n) is 5.86. The number of benzene rings is 1. The summed E-state index contributed by atoms with van der Waals surface area (Å²) in [6.07, 6.45) is 1.82. The summed E-state index contributed by atoms with van der Waals surface area (Å²) in [5, 5.41) is 2.67. The molecule has 1 aliphatic rings. The SMILES string of the molecule is COC(=O)c1ccc(NC(=O)CC(=O)N2CCC(C)CC2)cc1. The molecule has 0 radical (unpaired) electrons. The third kappa shape index (κ3) is 4.81. The van der Waals surface area contributed by atoms with Crippen LogP contribution in [0.2, 0.25) is 0 Å². The van der Waals surface area contributed by atoms with Gasteiger partial charge in [0.2, 0.25) is 11.8 Å². The average molecular weight is 318 g/mol. The van der Waals surface area contributed by atoms with E-state index in [1.165, 1.54) is 7.11 Å². The monoisotopic (exact) mass is 318 g/mol. The molecule has 23 heavy (non-hydrogen) atoms. The van der Waals surface area contributed by atoms with Crippen molar-refractivity contribution in [1.82, 2.24) is 4.90 Å². The van der Waals surface area contributed by atoms with Gasteiger partial charge in [-0.05, 0) is 43.0 Å². The molecule has 124 valence electrons. The highest BCUT2D eigenvalue weighted by atomic mass is 16.5. The summed E-state index contributed by atoms with van der Waals surface area (Å²) >= 11 is 0. The number of ether oxygens (including phenoxy) is 1. The van der Waals surface area contributed by atoms with Crippen LogP contribution in [0.4, 0.5) is 5.69 Å². The van der Waals surface area contributed by atoms with Crippen LogP contribution in [0.5, 0.6) is 0 Å². The van der Waals surface area contributed by atoms with Crippen LogP contribution in [-0.2, 0) is 14.3 Å². The van der Waals surface area contributed by atoms with Gasteiger partial charge in [0.1, 0.15) is 6.42 Å². The number of carbonyl (C=O) groups is 3. The van der Waals surface area contributed by atoms with E-state index in [1.807, 2.05) is 0 Å². The molecule has 1 N–H and O–H groups in total. The lowest BCUT2D eigenvalue weighted by Gasteiger charge is -2.30. The minimum absolute atomic E-state index is 0.138. The van der Waals surface area contributed by atoms with Gasteiger partial charge in [0.25, 0.3) is 0 Å². The van der Waals surface area contributed by atoms with E-state index in [4.69, 9.17) is 0 Å². The summed E-state index contributed by atoms with van der Waals surface area (Å²) in [7, 11) is 1.31. The molecular formula is C17H22N2O4.